The molecule has 0 rings (SSSR count). The van der Waals surface area contributed by atoms with Gasteiger partial charge in [-0.2, -0.15) is 0 Å². The molecule has 636 valence electrons. The monoisotopic (exact) mass is 1530 g/mol. The van der Waals surface area contributed by atoms with Crippen molar-refractivity contribution in [3.05, 3.63) is 0 Å². The molecule has 0 aliphatic carbocycles. The smallest absolute Gasteiger partial charge is 0.550 e. The van der Waals surface area contributed by atoms with Crippen LogP contribution in [-0.4, -0.2) is 97.7 Å². The number of carboxylic acid groups (broad SMARTS) is 2. The molecule has 0 radical (unpaired) electrons. The Hall–Kier alpha value is 0.120. The molecule has 7 heteroatoms. The van der Waals surface area contributed by atoms with Gasteiger partial charge in [-0.15, -0.1) is 0 Å². The molecule has 0 spiro atoms. The number of aliphatic carboxylic acids is 2. The average Bonchev–Trinajstić information content (AvgIpc) is 0.991. The van der Waals surface area contributed by atoms with Crippen molar-refractivity contribution in [3.8, 4) is 0 Å². The zero-order valence-electron chi connectivity index (χ0n) is 75.0. The maximum absolute atomic E-state index is 11.3. The fraction of sp³-hybridized carbons (Fsp3) is 0.980. The predicted octanol–water partition coefficient (Wildman–Crippen LogP) is 32.1. The molecule has 2 unspecified atom stereocenters. The van der Waals surface area contributed by atoms with Gasteiger partial charge in [0.1, 0.15) is 0 Å². The first-order valence-corrected chi connectivity index (χ1v) is 50.1. The number of unbranched alkanes of at least 4 members (excludes halogenated alkanes) is 80. The number of hydrogen-bond donors (Lipinski definition) is 0. The molecule has 0 amide bonds. The van der Waals surface area contributed by atoms with Gasteiger partial charge in [0.25, 0.3) is 0 Å². The van der Waals surface area contributed by atoms with Crippen LogP contribution in [0.15, 0.2) is 0 Å². The summed E-state index contributed by atoms with van der Waals surface area (Å²) in [5.41, 5.74) is 0. The molecular formula is C100H200CaN2O4. The van der Waals surface area contributed by atoms with E-state index in [2.05, 4.69) is 51.3 Å². The van der Waals surface area contributed by atoms with Crippen LogP contribution in [0.4, 0.5) is 0 Å². The molecule has 0 aromatic rings. The molecule has 0 saturated heterocycles. The predicted molar refractivity (Wildman–Crippen MR) is 478 cm³/mol. The first kappa shape index (κ1) is 111. The van der Waals surface area contributed by atoms with Crippen molar-refractivity contribution in [1.82, 2.24) is 9.80 Å². The van der Waals surface area contributed by atoms with Gasteiger partial charge < -0.3 is 29.6 Å². The molecule has 0 fully saturated rings. The first-order chi connectivity index (χ1) is 52.2. The molecule has 0 saturated carbocycles. The number of carboxylic acids is 2. The Morgan fingerprint density at radius 2 is 0.262 bits per heavy atom. The van der Waals surface area contributed by atoms with Gasteiger partial charge in [0, 0.05) is 36.9 Å². The standard InChI is InChI=1S/2C50H101NO2.Ca/c2*1-4-6-8-10-12-14-16-18-20-22-24-26-28-30-32-34-36-38-40-42-44-46-51(49(3)48-50(52)53)47-45-43-41-39-37-35-33-31-29-27-25-23-21-19-17-15-13-11-9-7-5-2;/h2*49H,4-48H2,1-3H3,(H,52,53);/q;;+2/p-2. The summed E-state index contributed by atoms with van der Waals surface area (Å²) in [4.78, 5) is 27.5. The van der Waals surface area contributed by atoms with Gasteiger partial charge in [0.2, 0.25) is 0 Å². The van der Waals surface area contributed by atoms with Crippen molar-refractivity contribution in [2.45, 2.75) is 606 Å². The van der Waals surface area contributed by atoms with Gasteiger partial charge in [0.05, 0.1) is 0 Å². The minimum absolute atomic E-state index is 0. The van der Waals surface area contributed by atoms with E-state index in [1.54, 1.807) is 0 Å². The van der Waals surface area contributed by atoms with E-state index in [9.17, 15) is 19.8 Å². The number of carbonyl (C=O) groups excluding carboxylic acids is 2. The van der Waals surface area contributed by atoms with Crippen molar-refractivity contribution in [2.75, 3.05) is 26.2 Å². The summed E-state index contributed by atoms with van der Waals surface area (Å²) < 4.78 is 0. The maximum Gasteiger partial charge on any atom is 2.00 e. The summed E-state index contributed by atoms with van der Waals surface area (Å²) in [5.74, 6) is -1.81. The van der Waals surface area contributed by atoms with Gasteiger partial charge in [-0.05, 0) is 65.7 Å². The molecule has 0 aliphatic heterocycles. The van der Waals surface area contributed by atoms with Gasteiger partial charge in [-0.3, -0.25) is 0 Å². The molecule has 2 atom stereocenters. The second-order valence-corrected chi connectivity index (χ2v) is 35.2. The Morgan fingerprint density at radius 1 is 0.178 bits per heavy atom. The summed E-state index contributed by atoms with van der Waals surface area (Å²) in [6, 6.07) is 0.186. The molecule has 0 N–H and O–H groups in total. The van der Waals surface area contributed by atoms with E-state index in [4.69, 9.17) is 0 Å². The van der Waals surface area contributed by atoms with E-state index in [1.165, 1.54) is 539 Å². The third-order valence-electron chi connectivity index (χ3n) is 24.4. The minimum atomic E-state index is -0.903. The SMILES string of the molecule is CCCCCCCCCCCCCCCCCCCCCCCN(CCCCCCCCCCCCCCCCCCCCCCC)C(C)CC(=O)[O-].CCCCCCCCCCCCCCCCCCCCCCCN(CCCCCCCCCCCCCCCCCCCCCCC)C(C)CC(=O)[O-].[Ca+2]. The van der Waals surface area contributed by atoms with Crippen molar-refractivity contribution >= 4 is 49.7 Å². The zero-order chi connectivity index (χ0) is 77.1. The van der Waals surface area contributed by atoms with Crippen molar-refractivity contribution in [3.63, 3.8) is 0 Å². The largest absolute Gasteiger partial charge is 2.00 e. The van der Waals surface area contributed by atoms with E-state index in [1.807, 2.05) is 0 Å². The van der Waals surface area contributed by atoms with Crippen LogP contribution in [0.3, 0.4) is 0 Å². The summed E-state index contributed by atoms with van der Waals surface area (Å²) >= 11 is 0. The maximum atomic E-state index is 11.3. The van der Waals surface area contributed by atoms with Crippen LogP contribution in [0, 0.1) is 0 Å². The quantitative estimate of drug-likeness (QED) is 0.0445. The van der Waals surface area contributed by atoms with E-state index in [0.717, 1.165) is 26.2 Å². The topological polar surface area (TPSA) is 86.7 Å². The second kappa shape index (κ2) is 100. The van der Waals surface area contributed by atoms with Gasteiger partial charge in [0.15, 0.2) is 0 Å². The summed E-state index contributed by atoms with van der Waals surface area (Å²) in [6.07, 6.45) is 119. The Bertz CT molecular complexity index is 1390. The van der Waals surface area contributed by atoms with Crippen LogP contribution >= 0.6 is 0 Å². The molecule has 0 aromatic carbocycles. The van der Waals surface area contributed by atoms with E-state index in [-0.39, 0.29) is 62.7 Å². The number of carbonyl (C=O) groups is 2. The second-order valence-electron chi connectivity index (χ2n) is 35.2. The van der Waals surface area contributed by atoms with Crippen molar-refractivity contribution < 1.29 is 19.8 Å². The van der Waals surface area contributed by atoms with Crippen LogP contribution in [0.5, 0.6) is 0 Å². The average molecular weight is 1530 g/mol. The van der Waals surface area contributed by atoms with E-state index >= 15 is 0 Å². The summed E-state index contributed by atoms with van der Waals surface area (Å²) in [6.45, 7) is 17.6. The Morgan fingerprint density at radius 3 is 0.346 bits per heavy atom. The van der Waals surface area contributed by atoms with Crippen LogP contribution in [0.25, 0.3) is 0 Å². The van der Waals surface area contributed by atoms with Gasteiger partial charge in [-0.1, -0.05) is 541 Å². The van der Waals surface area contributed by atoms with Gasteiger partial charge in [-0.25, -0.2) is 0 Å². The fourth-order valence-corrected chi connectivity index (χ4v) is 16.8. The normalized spacial score (nSPS) is 12.2. The third kappa shape index (κ3) is 98.4. The van der Waals surface area contributed by atoms with Crippen LogP contribution in [-0.2, 0) is 9.59 Å². The molecule has 0 aromatic heterocycles. The molecule has 6 nitrogen and oxygen atoms in total. The van der Waals surface area contributed by atoms with Gasteiger partial charge >= 0.3 is 37.7 Å². The fourth-order valence-electron chi connectivity index (χ4n) is 16.8. The molecule has 107 heavy (non-hydrogen) atoms. The third-order valence-corrected chi connectivity index (χ3v) is 24.4. The van der Waals surface area contributed by atoms with Crippen LogP contribution in [0.2, 0.25) is 0 Å². The molecule has 0 bridgehead atoms. The number of rotatable bonds is 94. The Labute approximate surface area is 705 Å². The molecule has 0 heterocycles. The number of hydrogen-bond acceptors (Lipinski definition) is 6. The van der Waals surface area contributed by atoms with Crippen molar-refractivity contribution in [2.24, 2.45) is 0 Å². The van der Waals surface area contributed by atoms with Crippen LogP contribution in [0.1, 0.15) is 594 Å². The van der Waals surface area contributed by atoms with Crippen LogP contribution < -0.4 is 10.2 Å². The van der Waals surface area contributed by atoms with E-state index in [0.29, 0.717) is 0 Å². The Kier molecular flexibility index (Phi) is 104. The summed E-state index contributed by atoms with van der Waals surface area (Å²) in [5, 5.41) is 22.6. The Balaban J connectivity index is -0.00000200. The zero-order valence-corrected chi connectivity index (χ0v) is 77.2. The molecule has 0 aliphatic rings. The first-order valence-electron chi connectivity index (χ1n) is 50.1. The molecular weight excluding hydrogens is 1330 g/mol. The summed E-state index contributed by atoms with van der Waals surface area (Å²) in [7, 11) is 0. The minimum Gasteiger partial charge on any atom is -0.550 e. The number of nitrogens with zero attached hydrogens (tertiary/aromatic N) is 2. The van der Waals surface area contributed by atoms with Crippen molar-refractivity contribution in [1.29, 1.82) is 0 Å². The van der Waals surface area contributed by atoms with E-state index < -0.39 is 11.9 Å².